The predicted octanol–water partition coefficient (Wildman–Crippen LogP) is 2.64. The third kappa shape index (κ3) is 5.92. The van der Waals surface area contributed by atoms with Gasteiger partial charge in [0.25, 0.3) is 5.91 Å². The first-order valence-electron chi connectivity index (χ1n) is 6.22. The van der Waals surface area contributed by atoms with Crippen LogP contribution in [0.5, 0.6) is 0 Å². The molecular weight excluding hydrogens is 312 g/mol. The molecule has 19 heavy (non-hydrogen) atoms. The van der Waals surface area contributed by atoms with Gasteiger partial charge in [0.05, 0.1) is 0 Å². The second-order valence-electron chi connectivity index (χ2n) is 5.04. The molecule has 1 atom stereocenters. The van der Waals surface area contributed by atoms with Crippen LogP contribution in [0.15, 0.2) is 16.7 Å². The third-order valence-corrected chi connectivity index (χ3v) is 3.17. The summed E-state index contributed by atoms with van der Waals surface area (Å²) in [5.74, 6) is -0.687. The second kappa shape index (κ2) is 7.33. The van der Waals surface area contributed by atoms with Gasteiger partial charge >= 0.3 is 5.97 Å². The normalized spacial score (nSPS) is 12.4. The largest absolute Gasteiger partial charge is 0.481 e. The van der Waals surface area contributed by atoms with Gasteiger partial charge in [-0.2, -0.15) is 0 Å². The molecule has 0 fully saturated rings. The van der Waals surface area contributed by atoms with Gasteiger partial charge in [0.1, 0.15) is 5.69 Å². The Hall–Kier alpha value is -1.30. The fourth-order valence-electron chi connectivity index (χ4n) is 1.98. The summed E-state index contributed by atoms with van der Waals surface area (Å²) >= 11 is 3.26. The highest BCUT2D eigenvalue weighted by Crippen LogP contribution is 2.15. The quantitative estimate of drug-likeness (QED) is 0.718. The van der Waals surface area contributed by atoms with Gasteiger partial charge < -0.3 is 15.4 Å². The average molecular weight is 331 g/mol. The Labute approximate surface area is 120 Å². The SMILES string of the molecule is CC(C)C[C@H](CNC(=O)c1cc(Br)c[nH]1)CC(=O)O. The lowest BCUT2D eigenvalue weighted by atomic mass is 9.94. The molecule has 106 valence electrons. The smallest absolute Gasteiger partial charge is 0.303 e. The zero-order valence-corrected chi connectivity index (χ0v) is 12.7. The van der Waals surface area contributed by atoms with E-state index in [0.29, 0.717) is 18.2 Å². The first kappa shape index (κ1) is 15.8. The summed E-state index contributed by atoms with van der Waals surface area (Å²) in [6.07, 6.45) is 2.53. The van der Waals surface area contributed by atoms with Crippen LogP contribution in [0, 0.1) is 11.8 Å². The minimum absolute atomic E-state index is 0.0418. The van der Waals surface area contributed by atoms with Crippen molar-refractivity contribution in [2.24, 2.45) is 11.8 Å². The summed E-state index contributed by atoms with van der Waals surface area (Å²) < 4.78 is 0.807. The summed E-state index contributed by atoms with van der Waals surface area (Å²) in [5, 5.41) is 11.6. The summed E-state index contributed by atoms with van der Waals surface area (Å²) in [6.45, 7) is 4.46. The number of hydrogen-bond acceptors (Lipinski definition) is 2. The highest BCUT2D eigenvalue weighted by molar-refractivity contribution is 9.10. The van der Waals surface area contributed by atoms with E-state index in [1.54, 1.807) is 12.3 Å². The number of rotatable bonds is 7. The molecule has 0 aliphatic rings. The van der Waals surface area contributed by atoms with Crippen molar-refractivity contribution in [3.63, 3.8) is 0 Å². The highest BCUT2D eigenvalue weighted by Gasteiger charge is 2.17. The summed E-state index contributed by atoms with van der Waals surface area (Å²) in [5.41, 5.74) is 0.463. The lowest BCUT2D eigenvalue weighted by Gasteiger charge is -2.17. The van der Waals surface area contributed by atoms with Gasteiger partial charge in [-0.15, -0.1) is 0 Å². The Morgan fingerprint density at radius 2 is 2.16 bits per heavy atom. The van der Waals surface area contributed by atoms with Gasteiger partial charge in [0.15, 0.2) is 0 Å². The lowest BCUT2D eigenvalue weighted by molar-refractivity contribution is -0.138. The van der Waals surface area contributed by atoms with Gasteiger partial charge in [-0.1, -0.05) is 13.8 Å². The molecule has 0 saturated carbocycles. The number of hydrogen-bond donors (Lipinski definition) is 3. The van der Waals surface area contributed by atoms with Crippen molar-refractivity contribution in [3.05, 3.63) is 22.4 Å². The highest BCUT2D eigenvalue weighted by atomic mass is 79.9. The standard InChI is InChI=1S/C13H19BrN2O3/c1-8(2)3-9(4-12(17)18)6-16-13(19)11-5-10(14)7-15-11/h5,7-9,15H,3-4,6H2,1-2H3,(H,16,19)(H,17,18)/t9-/m0/s1. The molecule has 1 aromatic heterocycles. The monoisotopic (exact) mass is 330 g/mol. The van der Waals surface area contributed by atoms with E-state index in [4.69, 9.17) is 5.11 Å². The number of carboxylic acid groups (broad SMARTS) is 1. The fraction of sp³-hybridized carbons (Fsp3) is 0.538. The first-order valence-corrected chi connectivity index (χ1v) is 7.01. The Morgan fingerprint density at radius 1 is 1.47 bits per heavy atom. The Morgan fingerprint density at radius 3 is 2.63 bits per heavy atom. The van der Waals surface area contributed by atoms with Crippen molar-refractivity contribution < 1.29 is 14.7 Å². The number of H-pyrrole nitrogens is 1. The predicted molar refractivity (Wildman–Crippen MR) is 76.0 cm³/mol. The molecular formula is C13H19BrN2O3. The van der Waals surface area contributed by atoms with Crippen molar-refractivity contribution in [1.29, 1.82) is 0 Å². The third-order valence-electron chi connectivity index (χ3n) is 2.71. The number of aliphatic carboxylic acids is 1. The van der Waals surface area contributed by atoms with E-state index in [-0.39, 0.29) is 18.2 Å². The minimum Gasteiger partial charge on any atom is -0.481 e. The van der Waals surface area contributed by atoms with Gasteiger partial charge in [0.2, 0.25) is 0 Å². The van der Waals surface area contributed by atoms with Crippen LogP contribution in [0.25, 0.3) is 0 Å². The topological polar surface area (TPSA) is 82.2 Å². The van der Waals surface area contributed by atoms with Crippen molar-refractivity contribution >= 4 is 27.8 Å². The molecule has 3 N–H and O–H groups in total. The van der Waals surface area contributed by atoms with Gasteiger partial charge in [0, 0.05) is 23.6 Å². The Bertz CT molecular complexity index is 443. The molecule has 0 radical (unpaired) electrons. The number of nitrogens with one attached hydrogen (secondary N) is 2. The molecule has 0 aliphatic heterocycles. The molecule has 1 amide bonds. The van der Waals surface area contributed by atoms with Crippen LogP contribution in [0.4, 0.5) is 0 Å². The zero-order chi connectivity index (χ0) is 14.4. The number of halogens is 1. The van der Waals surface area contributed by atoms with E-state index in [9.17, 15) is 9.59 Å². The maximum absolute atomic E-state index is 11.8. The number of carboxylic acids is 1. The molecule has 1 heterocycles. The molecule has 0 aliphatic carbocycles. The van der Waals surface area contributed by atoms with Gasteiger partial charge in [-0.25, -0.2) is 0 Å². The lowest BCUT2D eigenvalue weighted by Crippen LogP contribution is -2.31. The number of carbonyl (C=O) groups excluding carboxylic acids is 1. The number of amides is 1. The van der Waals surface area contributed by atoms with Crippen LogP contribution in [0.3, 0.4) is 0 Å². The van der Waals surface area contributed by atoms with Gasteiger partial charge in [-0.05, 0) is 40.3 Å². The maximum Gasteiger partial charge on any atom is 0.303 e. The molecule has 0 unspecified atom stereocenters. The summed E-state index contributed by atoms with van der Waals surface area (Å²) in [6, 6.07) is 1.68. The molecule has 1 aromatic rings. The van der Waals surface area contributed by atoms with Crippen molar-refractivity contribution in [2.45, 2.75) is 26.7 Å². The molecule has 6 heteroatoms. The van der Waals surface area contributed by atoms with E-state index in [0.717, 1.165) is 10.9 Å². The summed E-state index contributed by atoms with van der Waals surface area (Å²) in [7, 11) is 0. The Balaban J connectivity index is 2.50. The number of carbonyl (C=O) groups is 2. The molecule has 0 spiro atoms. The molecule has 0 bridgehead atoms. The fourth-order valence-corrected chi connectivity index (χ4v) is 2.33. The van der Waals surface area contributed by atoms with E-state index in [1.165, 1.54) is 0 Å². The molecule has 0 saturated heterocycles. The van der Waals surface area contributed by atoms with E-state index in [1.807, 2.05) is 13.8 Å². The minimum atomic E-state index is -0.831. The second-order valence-corrected chi connectivity index (χ2v) is 5.95. The first-order chi connectivity index (χ1) is 8.88. The number of aromatic nitrogens is 1. The van der Waals surface area contributed by atoms with Crippen molar-refractivity contribution in [3.8, 4) is 0 Å². The van der Waals surface area contributed by atoms with Crippen LogP contribution in [0.2, 0.25) is 0 Å². The van der Waals surface area contributed by atoms with Crippen LogP contribution in [-0.2, 0) is 4.79 Å². The van der Waals surface area contributed by atoms with Crippen LogP contribution in [0.1, 0.15) is 37.2 Å². The van der Waals surface area contributed by atoms with Crippen LogP contribution >= 0.6 is 15.9 Å². The maximum atomic E-state index is 11.8. The average Bonchev–Trinajstić information content (AvgIpc) is 2.71. The number of aromatic amines is 1. The van der Waals surface area contributed by atoms with Crippen LogP contribution in [-0.4, -0.2) is 28.5 Å². The van der Waals surface area contributed by atoms with E-state index < -0.39 is 5.97 Å². The van der Waals surface area contributed by atoms with Gasteiger partial charge in [-0.3, -0.25) is 9.59 Å². The molecule has 5 nitrogen and oxygen atoms in total. The Kier molecular flexibility index (Phi) is 6.08. The van der Waals surface area contributed by atoms with E-state index >= 15 is 0 Å². The zero-order valence-electron chi connectivity index (χ0n) is 11.1. The van der Waals surface area contributed by atoms with Crippen molar-refractivity contribution in [1.82, 2.24) is 10.3 Å². The van der Waals surface area contributed by atoms with Crippen LogP contribution < -0.4 is 5.32 Å². The van der Waals surface area contributed by atoms with E-state index in [2.05, 4.69) is 26.2 Å². The van der Waals surface area contributed by atoms with Crippen molar-refractivity contribution in [2.75, 3.05) is 6.54 Å². The molecule has 0 aromatic carbocycles. The summed E-state index contributed by atoms with van der Waals surface area (Å²) in [4.78, 5) is 25.4. The molecule has 1 rings (SSSR count).